The maximum absolute atomic E-state index is 5.46. The standard InChI is InChI=1S/C12H14N2.C6H14N2/c13-8-9-14-12-7-3-5-10-4-1-2-6-11(10)12;1-2-3-4-5-8-6-7/h1-7,14H,8-9,13H2;6H,2-5H2,1H3,(H2,7,8). The molecule has 0 fully saturated rings. The number of fused-ring (bicyclic) bond motifs is 1. The minimum atomic E-state index is 0.656. The van der Waals surface area contributed by atoms with E-state index in [1.165, 1.54) is 36.4 Å². The van der Waals surface area contributed by atoms with Gasteiger partial charge >= 0.3 is 0 Å². The number of nitrogens with zero attached hydrogens (tertiary/aromatic N) is 1. The fourth-order valence-corrected chi connectivity index (χ4v) is 2.11. The Labute approximate surface area is 133 Å². The third-order valence-electron chi connectivity index (χ3n) is 3.25. The zero-order chi connectivity index (χ0) is 16.0. The van der Waals surface area contributed by atoms with E-state index in [0.29, 0.717) is 6.54 Å². The number of hydrogen-bond acceptors (Lipinski definition) is 3. The number of unbranched alkanes of at least 4 members (excludes halogenated alkanes) is 2. The van der Waals surface area contributed by atoms with Crippen LogP contribution in [-0.4, -0.2) is 26.0 Å². The largest absolute Gasteiger partial charge is 0.390 e. The van der Waals surface area contributed by atoms with Crippen LogP contribution in [0.25, 0.3) is 10.8 Å². The summed E-state index contributed by atoms with van der Waals surface area (Å²) in [5.74, 6) is 0. The van der Waals surface area contributed by atoms with Crippen LogP contribution in [0, 0.1) is 0 Å². The molecule has 0 aliphatic rings. The van der Waals surface area contributed by atoms with E-state index in [-0.39, 0.29) is 0 Å². The topological polar surface area (TPSA) is 76.4 Å². The molecule has 0 saturated heterocycles. The molecule has 4 heteroatoms. The molecule has 2 aromatic rings. The summed E-state index contributed by atoms with van der Waals surface area (Å²) in [5, 5.41) is 5.82. The molecule has 5 N–H and O–H groups in total. The predicted octanol–water partition coefficient (Wildman–Crippen LogP) is 3.37. The number of anilines is 1. The van der Waals surface area contributed by atoms with Crippen molar-refractivity contribution in [2.45, 2.75) is 26.2 Å². The average Bonchev–Trinajstić information content (AvgIpc) is 2.57. The Morgan fingerprint density at radius 3 is 2.59 bits per heavy atom. The second-order valence-corrected chi connectivity index (χ2v) is 5.00. The summed E-state index contributed by atoms with van der Waals surface area (Å²) in [6.45, 7) is 4.54. The van der Waals surface area contributed by atoms with Gasteiger partial charge in [-0.15, -0.1) is 0 Å². The van der Waals surface area contributed by atoms with Crippen LogP contribution in [0.1, 0.15) is 26.2 Å². The van der Waals surface area contributed by atoms with Crippen molar-refractivity contribution in [3.63, 3.8) is 0 Å². The van der Waals surface area contributed by atoms with E-state index in [0.717, 1.165) is 18.8 Å². The fraction of sp³-hybridized carbons (Fsp3) is 0.389. The number of nitrogens with one attached hydrogen (secondary N) is 1. The van der Waals surface area contributed by atoms with Gasteiger partial charge in [-0.1, -0.05) is 56.2 Å². The zero-order valence-corrected chi connectivity index (χ0v) is 13.5. The lowest BCUT2D eigenvalue weighted by Gasteiger charge is -2.08. The van der Waals surface area contributed by atoms with Crippen molar-refractivity contribution in [2.24, 2.45) is 16.5 Å². The number of benzene rings is 2. The smallest absolute Gasteiger partial charge is 0.0797 e. The van der Waals surface area contributed by atoms with Crippen LogP contribution >= 0.6 is 0 Å². The lowest BCUT2D eigenvalue weighted by Crippen LogP contribution is -2.13. The minimum Gasteiger partial charge on any atom is -0.390 e. The van der Waals surface area contributed by atoms with Crippen LogP contribution in [0.2, 0.25) is 0 Å². The highest BCUT2D eigenvalue weighted by atomic mass is 14.9. The van der Waals surface area contributed by atoms with Crippen molar-refractivity contribution in [1.82, 2.24) is 0 Å². The summed E-state index contributed by atoms with van der Waals surface area (Å²) in [6.07, 6.45) is 5.05. The molecule has 120 valence electrons. The Kier molecular flexibility index (Phi) is 9.46. The Morgan fingerprint density at radius 2 is 1.86 bits per heavy atom. The first-order valence-electron chi connectivity index (χ1n) is 7.95. The quantitative estimate of drug-likeness (QED) is 0.417. The molecule has 0 aliphatic heterocycles. The molecule has 0 atom stereocenters. The average molecular weight is 300 g/mol. The van der Waals surface area contributed by atoms with E-state index < -0.39 is 0 Å². The molecule has 0 spiro atoms. The number of aliphatic imine (C=N–C) groups is 1. The Morgan fingerprint density at radius 1 is 1.09 bits per heavy atom. The van der Waals surface area contributed by atoms with Crippen LogP contribution in [-0.2, 0) is 0 Å². The van der Waals surface area contributed by atoms with Crippen LogP contribution < -0.4 is 16.8 Å². The van der Waals surface area contributed by atoms with Gasteiger partial charge in [0.05, 0.1) is 6.34 Å². The van der Waals surface area contributed by atoms with Crippen molar-refractivity contribution >= 4 is 22.8 Å². The summed E-state index contributed by atoms with van der Waals surface area (Å²) < 4.78 is 0. The Bertz CT molecular complexity index is 546. The molecular weight excluding hydrogens is 272 g/mol. The molecule has 0 heterocycles. The second-order valence-electron chi connectivity index (χ2n) is 5.00. The summed E-state index contributed by atoms with van der Waals surface area (Å²) in [5.41, 5.74) is 11.6. The van der Waals surface area contributed by atoms with Crippen molar-refractivity contribution in [3.05, 3.63) is 42.5 Å². The van der Waals surface area contributed by atoms with Crippen molar-refractivity contribution in [3.8, 4) is 0 Å². The summed E-state index contributed by atoms with van der Waals surface area (Å²) in [6, 6.07) is 14.6. The first-order valence-corrected chi connectivity index (χ1v) is 7.95. The molecule has 0 amide bonds. The maximum atomic E-state index is 5.46. The first-order chi connectivity index (χ1) is 10.8. The fourth-order valence-electron chi connectivity index (χ4n) is 2.11. The van der Waals surface area contributed by atoms with Gasteiger partial charge in [-0.2, -0.15) is 0 Å². The first kappa shape index (κ1) is 18.0. The molecule has 0 saturated carbocycles. The SMILES string of the molecule is CCCCCN=CN.NCCNc1cccc2ccccc12. The summed E-state index contributed by atoms with van der Waals surface area (Å²) in [4.78, 5) is 3.86. The molecule has 0 aromatic heterocycles. The van der Waals surface area contributed by atoms with Gasteiger partial charge < -0.3 is 16.8 Å². The molecule has 2 rings (SSSR count). The molecule has 2 aromatic carbocycles. The number of nitrogens with two attached hydrogens (primary N) is 2. The third kappa shape index (κ3) is 6.59. The van der Waals surface area contributed by atoms with E-state index >= 15 is 0 Å². The van der Waals surface area contributed by atoms with Gasteiger partial charge in [0.25, 0.3) is 0 Å². The van der Waals surface area contributed by atoms with Crippen LogP contribution in [0.5, 0.6) is 0 Å². The lowest BCUT2D eigenvalue weighted by molar-refractivity contribution is 0.729. The highest BCUT2D eigenvalue weighted by Crippen LogP contribution is 2.22. The molecule has 22 heavy (non-hydrogen) atoms. The number of hydrogen-bond donors (Lipinski definition) is 3. The van der Waals surface area contributed by atoms with Gasteiger partial charge in [0.1, 0.15) is 0 Å². The van der Waals surface area contributed by atoms with Gasteiger partial charge in [0.2, 0.25) is 0 Å². The minimum absolute atomic E-state index is 0.656. The predicted molar refractivity (Wildman–Crippen MR) is 98.6 cm³/mol. The van der Waals surface area contributed by atoms with E-state index in [1.54, 1.807) is 0 Å². The third-order valence-corrected chi connectivity index (χ3v) is 3.25. The van der Waals surface area contributed by atoms with Crippen molar-refractivity contribution in [2.75, 3.05) is 25.0 Å². The molecule has 0 bridgehead atoms. The monoisotopic (exact) mass is 300 g/mol. The van der Waals surface area contributed by atoms with Gasteiger partial charge in [0.15, 0.2) is 0 Å². The van der Waals surface area contributed by atoms with Crippen molar-refractivity contribution in [1.29, 1.82) is 0 Å². The van der Waals surface area contributed by atoms with Gasteiger partial charge in [0, 0.05) is 30.7 Å². The molecule has 0 aliphatic carbocycles. The van der Waals surface area contributed by atoms with Gasteiger partial charge in [-0.3, -0.25) is 4.99 Å². The molecule has 0 unspecified atom stereocenters. The van der Waals surface area contributed by atoms with E-state index in [1.807, 2.05) is 0 Å². The van der Waals surface area contributed by atoms with Gasteiger partial charge in [-0.25, -0.2) is 0 Å². The molecule has 0 radical (unpaired) electrons. The zero-order valence-electron chi connectivity index (χ0n) is 13.5. The number of rotatable bonds is 7. The van der Waals surface area contributed by atoms with Crippen LogP contribution in [0.4, 0.5) is 5.69 Å². The van der Waals surface area contributed by atoms with Crippen LogP contribution in [0.3, 0.4) is 0 Å². The highest BCUT2D eigenvalue weighted by Gasteiger charge is 1.97. The normalized spacial score (nSPS) is 10.5. The maximum Gasteiger partial charge on any atom is 0.0797 e. The highest BCUT2D eigenvalue weighted by molar-refractivity contribution is 5.93. The van der Waals surface area contributed by atoms with E-state index in [9.17, 15) is 0 Å². The molecule has 4 nitrogen and oxygen atoms in total. The Balaban J connectivity index is 0.000000261. The van der Waals surface area contributed by atoms with Crippen molar-refractivity contribution < 1.29 is 0 Å². The van der Waals surface area contributed by atoms with E-state index in [2.05, 4.69) is 59.7 Å². The molecular formula is C18H28N4. The summed E-state index contributed by atoms with van der Waals surface area (Å²) >= 11 is 0. The van der Waals surface area contributed by atoms with Gasteiger partial charge in [-0.05, 0) is 17.9 Å². The second kappa shape index (κ2) is 11.6. The van der Waals surface area contributed by atoms with E-state index in [4.69, 9.17) is 11.5 Å². The lowest BCUT2D eigenvalue weighted by atomic mass is 10.1. The Hall–Kier alpha value is -2.07. The summed E-state index contributed by atoms with van der Waals surface area (Å²) in [7, 11) is 0. The van der Waals surface area contributed by atoms with Crippen LogP contribution in [0.15, 0.2) is 47.5 Å².